The zero-order valence-corrected chi connectivity index (χ0v) is 20.0. The molecule has 0 unspecified atom stereocenters. The quantitative estimate of drug-likeness (QED) is 0.225. The molecule has 170 valence electrons. The van der Waals surface area contributed by atoms with Crippen LogP contribution in [0.2, 0.25) is 5.02 Å². The van der Waals surface area contributed by atoms with Gasteiger partial charge in [-0.15, -0.1) is 10.2 Å². The molecule has 0 aliphatic carbocycles. The lowest BCUT2D eigenvalue weighted by molar-refractivity contribution is 0.293. The minimum Gasteiger partial charge on any atom is -0.484 e. The Morgan fingerprint density at radius 3 is 2.38 bits per heavy atom. The van der Waals surface area contributed by atoms with Gasteiger partial charge in [-0.2, -0.15) is 0 Å². The van der Waals surface area contributed by atoms with Crippen molar-refractivity contribution in [3.05, 3.63) is 107 Å². The van der Waals surface area contributed by atoms with Gasteiger partial charge >= 0.3 is 0 Å². The van der Waals surface area contributed by atoms with Gasteiger partial charge in [0, 0.05) is 17.0 Å². The van der Waals surface area contributed by atoms with Crippen LogP contribution < -0.4 is 4.74 Å². The lowest BCUT2D eigenvalue weighted by Crippen LogP contribution is -2.07. The Bertz CT molecular complexity index is 1390. The Hall–Kier alpha value is -3.55. The maximum absolute atomic E-state index is 6.24. The van der Waals surface area contributed by atoms with Crippen LogP contribution in [0, 0.1) is 6.92 Å². The van der Waals surface area contributed by atoms with Crippen molar-refractivity contribution in [2.45, 2.75) is 24.4 Å². The number of halogens is 1. The summed E-state index contributed by atoms with van der Waals surface area (Å²) < 4.78 is 13.8. The van der Waals surface area contributed by atoms with Crippen molar-refractivity contribution in [1.29, 1.82) is 0 Å². The fourth-order valence-corrected chi connectivity index (χ4v) is 4.59. The van der Waals surface area contributed by atoms with E-state index in [1.807, 2.05) is 90.4 Å². The number of thioether (sulfide) groups is 1. The number of benzene rings is 3. The first-order chi connectivity index (χ1) is 16.7. The topological polar surface area (TPSA) is 66.0 Å². The number of oxazole rings is 1. The lowest BCUT2D eigenvalue weighted by atomic mass is 10.2. The summed E-state index contributed by atoms with van der Waals surface area (Å²) in [4.78, 5) is 4.71. The smallest absolute Gasteiger partial charge is 0.226 e. The highest BCUT2D eigenvalue weighted by Gasteiger charge is 2.18. The summed E-state index contributed by atoms with van der Waals surface area (Å²) in [5, 5.41) is 10.1. The molecule has 0 N–H and O–H groups in total. The van der Waals surface area contributed by atoms with E-state index < -0.39 is 0 Å². The van der Waals surface area contributed by atoms with E-state index in [4.69, 9.17) is 25.7 Å². The van der Waals surface area contributed by atoms with E-state index in [2.05, 4.69) is 10.2 Å². The number of nitrogens with zero attached hydrogens (tertiary/aromatic N) is 4. The van der Waals surface area contributed by atoms with Gasteiger partial charge < -0.3 is 9.15 Å². The van der Waals surface area contributed by atoms with Gasteiger partial charge in [0.05, 0.1) is 10.7 Å². The van der Waals surface area contributed by atoms with Crippen molar-refractivity contribution in [2.24, 2.45) is 0 Å². The Labute approximate surface area is 206 Å². The highest BCUT2D eigenvalue weighted by molar-refractivity contribution is 7.98. The summed E-state index contributed by atoms with van der Waals surface area (Å²) in [6.07, 6.45) is 0. The molecule has 0 aliphatic rings. The first kappa shape index (κ1) is 22.3. The van der Waals surface area contributed by atoms with Crippen LogP contribution in [0.1, 0.15) is 17.3 Å². The lowest BCUT2D eigenvalue weighted by Gasteiger charge is -2.11. The monoisotopic (exact) mass is 488 g/mol. The highest BCUT2D eigenvalue weighted by Crippen LogP contribution is 2.30. The van der Waals surface area contributed by atoms with Gasteiger partial charge in [0.25, 0.3) is 0 Å². The van der Waals surface area contributed by atoms with Crippen molar-refractivity contribution in [2.75, 3.05) is 0 Å². The minimum atomic E-state index is 0.229. The van der Waals surface area contributed by atoms with Crippen LogP contribution in [0.15, 0.2) is 94.5 Å². The van der Waals surface area contributed by atoms with E-state index in [1.54, 1.807) is 17.8 Å². The van der Waals surface area contributed by atoms with Gasteiger partial charge in [-0.1, -0.05) is 71.9 Å². The molecule has 3 aromatic carbocycles. The molecule has 0 aliphatic heterocycles. The molecular formula is C26H21ClN4O2S. The van der Waals surface area contributed by atoms with Crippen molar-refractivity contribution >= 4 is 23.4 Å². The molecule has 34 heavy (non-hydrogen) atoms. The Morgan fingerprint density at radius 2 is 1.62 bits per heavy atom. The third kappa shape index (κ3) is 4.85. The molecule has 2 aromatic heterocycles. The number of hydrogen-bond acceptors (Lipinski definition) is 6. The second-order valence-electron chi connectivity index (χ2n) is 7.47. The van der Waals surface area contributed by atoms with E-state index in [9.17, 15) is 0 Å². The molecule has 0 atom stereocenters. The molecule has 0 radical (unpaired) electrons. The number of ether oxygens (including phenoxy) is 1. The van der Waals surface area contributed by atoms with Crippen LogP contribution in [-0.4, -0.2) is 19.7 Å². The van der Waals surface area contributed by atoms with Crippen LogP contribution in [-0.2, 0) is 12.4 Å². The van der Waals surface area contributed by atoms with E-state index in [1.165, 1.54) is 0 Å². The zero-order valence-electron chi connectivity index (χ0n) is 18.4. The first-order valence-corrected chi connectivity index (χ1v) is 12.1. The van der Waals surface area contributed by atoms with Crippen molar-refractivity contribution < 1.29 is 9.15 Å². The Morgan fingerprint density at radius 1 is 0.912 bits per heavy atom. The maximum atomic E-state index is 6.24. The fraction of sp³-hybridized carbons (Fsp3) is 0.115. The number of para-hydroxylation sites is 2. The summed E-state index contributed by atoms with van der Waals surface area (Å²) in [6, 6.07) is 27.2. The molecule has 0 bridgehead atoms. The van der Waals surface area contributed by atoms with E-state index in [0.29, 0.717) is 28.2 Å². The fourth-order valence-electron chi connectivity index (χ4n) is 3.43. The van der Waals surface area contributed by atoms with E-state index in [-0.39, 0.29) is 6.61 Å². The number of hydrogen-bond donors (Lipinski definition) is 0. The standard InChI is InChI=1S/C26H21ClN4O2S/c1-18-22(28-25(33-18)19-10-4-2-5-11-19)17-34-26-30-29-24(31(26)20-12-6-3-7-13-20)16-32-23-15-9-8-14-21(23)27/h2-15H,16-17H2,1H3. The molecule has 5 aromatic rings. The summed E-state index contributed by atoms with van der Waals surface area (Å²) in [5.41, 5.74) is 2.78. The Balaban J connectivity index is 1.39. The third-order valence-electron chi connectivity index (χ3n) is 5.16. The molecule has 8 heteroatoms. The first-order valence-electron chi connectivity index (χ1n) is 10.7. The van der Waals surface area contributed by atoms with Crippen LogP contribution in [0.3, 0.4) is 0 Å². The molecule has 0 fully saturated rings. The van der Waals surface area contributed by atoms with Crippen LogP contribution in [0.5, 0.6) is 5.75 Å². The van der Waals surface area contributed by atoms with E-state index >= 15 is 0 Å². The molecular weight excluding hydrogens is 468 g/mol. The van der Waals surface area contributed by atoms with Crippen LogP contribution in [0.25, 0.3) is 17.1 Å². The molecule has 0 saturated heterocycles. The van der Waals surface area contributed by atoms with Crippen molar-refractivity contribution in [3.8, 4) is 22.9 Å². The summed E-state index contributed by atoms with van der Waals surface area (Å²) >= 11 is 7.79. The molecule has 5 rings (SSSR count). The van der Waals surface area contributed by atoms with Crippen LogP contribution >= 0.6 is 23.4 Å². The normalized spacial score (nSPS) is 11.0. The van der Waals surface area contributed by atoms with Crippen LogP contribution in [0.4, 0.5) is 0 Å². The van der Waals surface area contributed by atoms with E-state index in [0.717, 1.165) is 27.9 Å². The SMILES string of the molecule is Cc1oc(-c2ccccc2)nc1CSc1nnc(COc2ccccc2Cl)n1-c1ccccc1. The summed E-state index contributed by atoms with van der Waals surface area (Å²) in [6.45, 7) is 2.16. The predicted molar refractivity (Wildman–Crippen MR) is 133 cm³/mol. The molecule has 6 nitrogen and oxygen atoms in total. The second-order valence-corrected chi connectivity index (χ2v) is 8.82. The molecule has 0 amide bonds. The van der Waals surface area contributed by atoms with Gasteiger partial charge in [0.1, 0.15) is 18.1 Å². The third-order valence-corrected chi connectivity index (χ3v) is 6.41. The van der Waals surface area contributed by atoms with Gasteiger partial charge in [-0.05, 0) is 43.3 Å². The Kier molecular flexibility index (Phi) is 6.65. The molecule has 0 spiro atoms. The van der Waals surface area contributed by atoms with Gasteiger partial charge in [-0.25, -0.2) is 4.98 Å². The predicted octanol–water partition coefficient (Wildman–Crippen LogP) is 6.76. The average Bonchev–Trinajstić information content (AvgIpc) is 3.46. The number of aryl methyl sites for hydroxylation is 1. The average molecular weight is 489 g/mol. The maximum Gasteiger partial charge on any atom is 0.226 e. The van der Waals surface area contributed by atoms with Gasteiger partial charge in [-0.3, -0.25) is 4.57 Å². The van der Waals surface area contributed by atoms with Gasteiger partial charge in [0.2, 0.25) is 5.89 Å². The summed E-state index contributed by atoms with van der Waals surface area (Å²) in [7, 11) is 0. The summed E-state index contributed by atoms with van der Waals surface area (Å²) in [5.74, 6) is 3.29. The highest BCUT2D eigenvalue weighted by atomic mass is 35.5. The minimum absolute atomic E-state index is 0.229. The largest absolute Gasteiger partial charge is 0.484 e. The molecule has 0 saturated carbocycles. The second kappa shape index (κ2) is 10.2. The number of rotatable bonds is 8. The zero-order chi connectivity index (χ0) is 23.3. The molecule has 2 heterocycles. The number of aromatic nitrogens is 4. The van der Waals surface area contributed by atoms with Crippen molar-refractivity contribution in [1.82, 2.24) is 19.7 Å². The van der Waals surface area contributed by atoms with Crippen molar-refractivity contribution in [3.63, 3.8) is 0 Å². The van der Waals surface area contributed by atoms with Gasteiger partial charge in [0.15, 0.2) is 11.0 Å².